The van der Waals surface area contributed by atoms with Crippen molar-refractivity contribution in [2.45, 2.75) is 82.2 Å². The standard InChI is InChI=1S/C28H41ClN6O2/c1-19-16-35(17-20(2)37-19)22-8-6-21(7-9-22)33-27-14-23(24(29)15-31-27)25-4-3-5-26(34-25)32-18-28(30)10-12-36-13-11-28/h3-5,14-15,19-22H,6-13,16-18,30H2,1-2H3,(H,31,33)(H,32,34)/t19-,20+,21-,22-. The van der Waals surface area contributed by atoms with Gasteiger partial charge in [0.15, 0.2) is 0 Å². The molecule has 0 radical (unpaired) electrons. The molecule has 0 spiro atoms. The van der Waals surface area contributed by atoms with Gasteiger partial charge in [-0.25, -0.2) is 9.97 Å². The second-order valence-electron chi connectivity index (χ2n) is 11.1. The third-order valence-corrected chi connectivity index (χ3v) is 8.30. The van der Waals surface area contributed by atoms with E-state index in [9.17, 15) is 0 Å². The zero-order chi connectivity index (χ0) is 25.8. The highest BCUT2D eigenvalue weighted by molar-refractivity contribution is 6.33. The molecule has 1 saturated carbocycles. The smallest absolute Gasteiger partial charge is 0.126 e. The van der Waals surface area contributed by atoms with Crippen LogP contribution in [0.2, 0.25) is 5.02 Å². The third-order valence-electron chi connectivity index (χ3n) is 8.00. The molecule has 1 aliphatic carbocycles. The predicted octanol–water partition coefficient (Wildman–Crippen LogP) is 4.55. The lowest BCUT2D eigenvalue weighted by Gasteiger charge is -2.43. The van der Waals surface area contributed by atoms with Gasteiger partial charge in [-0.05, 0) is 70.6 Å². The second-order valence-corrected chi connectivity index (χ2v) is 11.6. The minimum atomic E-state index is -0.265. The van der Waals surface area contributed by atoms with Gasteiger partial charge in [-0.3, -0.25) is 4.90 Å². The quantitative estimate of drug-likeness (QED) is 0.481. The average Bonchev–Trinajstić information content (AvgIpc) is 2.89. The molecule has 3 aliphatic rings. The van der Waals surface area contributed by atoms with E-state index in [1.165, 1.54) is 12.8 Å². The van der Waals surface area contributed by atoms with E-state index in [0.717, 1.165) is 61.7 Å². The van der Waals surface area contributed by atoms with Crippen LogP contribution in [-0.2, 0) is 9.47 Å². The maximum atomic E-state index is 6.58. The number of ether oxygens (including phenoxy) is 2. The van der Waals surface area contributed by atoms with Gasteiger partial charge >= 0.3 is 0 Å². The van der Waals surface area contributed by atoms with Gasteiger partial charge in [0.1, 0.15) is 11.6 Å². The SMILES string of the molecule is C[C@@H]1CN([C@H]2CC[C@H](Nc3cc(-c4cccc(NCC5(N)CCOCC5)n4)c(Cl)cn3)CC2)C[C@H](C)O1. The van der Waals surface area contributed by atoms with Crippen LogP contribution in [0.4, 0.5) is 11.6 Å². The number of aromatic nitrogens is 2. The summed E-state index contributed by atoms with van der Waals surface area (Å²) in [7, 11) is 0. The molecule has 0 unspecified atom stereocenters. The normalized spacial score (nSPS) is 28.5. The number of nitrogens with two attached hydrogens (primary N) is 1. The summed E-state index contributed by atoms with van der Waals surface area (Å²) in [5.41, 5.74) is 7.96. The number of pyridine rings is 2. The molecular weight excluding hydrogens is 488 g/mol. The molecule has 0 amide bonds. The topological polar surface area (TPSA) is 97.6 Å². The van der Waals surface area contributed by atoms with E-state index in [4.69, 9.17) is 31.8 Å². The molecule has 202 valence electrons. The minimum Gasteiger partial charge on any atom is -0.381 e. The molecule has 2 aliphatic heterocycles. The molecule has 0 aromatic carbocycles. The molecule has 2 saturated heterocycles. The molecule has 4 heterocycles. The number of nitrogens with one attached hydrogen (secondary N) is 2. The largest absolute Gasteiger partial charge is 0.381 e. The Kier molecular flexibility index (Phi) is 8.51. The molecule has 8 nitrogen and oxygen atoms in total. The maximum absolute atomic E-state index is 6.58. The summed E-state index contributed by atoms with van der Waals surface area (Å²) in [6.07, 6.45) is 8.70. The molecule has 37 heavy (non-hydrogen) atoms. The molecule has 2 atom stereocenters. The lowest BCUT2D eigenvalue weighted by atomic mass is 9.89. The Labute approximate surface area is 225 Å². The van der Waals surface area contributed by atoms with Crippen molar-refractivity contribution in [3.05, 3.63) is 35.5 Å². The van der Waals surface area contributed by atoms with Crippen molar-refractivity contribution >= 4 is 23.2 Å². The summed E-state index contributed by atoms with van der Waals surface area (Å²) in [6, 6.07) is 9.03. The van der Waals surface area contributed by atoms with Crippen LogP contribution in [0.1, 0.15) is 52.4 Å². The monoisotopic (exact) mass is 528 g/mol. The number of hydrogen-bond acceptors (Lipinski definition) is 8. The first-order chi connectivity index (χ1) is 17.9. The zero-order valence-electron chi connectivity index (χ0n) is 22.1. The maximum Gasteiger partial charge on any atom is 0.126 e. The fourth-order valence-electron chi connectivity index (χ4n) is 5.93. The van der Waals surface area contributed by atoms with E-state index in [-0.39, 0.29) is 5.54 Å². The fraction of sp³-hybridized carbons (Fsp3) is 0.643. The van der Waals surface area contributed by atoms with E-state index in [1.807, 2.05) is 24.3 Å². The minimum absolute atomic E-state index is 0.265. The molecule has 3 fully saturated rings. The lowest BCUT2D eigenvalue weighted by Crippen LogP contribution is -2.51. The predicted molar refractivity (Wildman–Crippen MR) is 149 cm³/mol. The van der Waals surface area contributed by atoms with E-state index in [1.54, 1.807) is 6.20 Å². The van der Waals surface area contributed by atoms with Crippen LogP contribution < -0.4 is 16.4 Å². The van der Waals surface area contributed by atoms with Crippen molar-refractivity contribution in [1.29, 1.82) is 0 Å². The van der Waals surface area contributed by atoms with E-state index >= 15 is 0 Å². The molecule has 2 aromatic heterocycles. The molecule has 9 heteroatoms. The van der Waals surface area contributed by atoms with Crippen LogP contribution >= 0.6 is 11.6 Å². The Hall–Kier alpha value is -1.97. The third kappa shape index (κ3) is 6.92. The number of halogens is 1. The van der Waals surface area contributed by atoms with Crippen molar-refractivity contribution < 1.29 is 9.47 Å². The molecule has 5 rings (SSSR count). The summed E-state index contributed by atoms with van der Waals surface area (Å²) in [4.78, 5) is 12.0. The average molecular weight is 529 g/mol. The van der Waals surface area contributed by atoms with Gasteiger partial charge in [-0.15, -0.1) is 0 Å². The first-order valence-corrected chi connectivity index (χ1v) is 14.1. The Morgan fingerprint density at radius 2 is 1.81 bits per heavy atom. The highest BCUT2D eigenvalue weighted by Crippen LogP contribution is 2.31. The molecule has 0 bridgehead atoms. The molecular formula is C28H41ClN6O2. The summed E-state index contributed by atoms with van der Waals surface area (Å²) in [6.45, 7) is 8.52. The Morgan fingerprint density at radius 1 is 1.08 bits per heavy atom. The number of morpholine rings is 1. The van der Waals surface area contributed by atoms with E-state index in [0.29, 0.717) is 49.1 Å². The number of anilines is 2. The van der Waals surface area contributed by atoms with Crippen LogP contribution in [0.25, 0.3) is 11.3 Å². The summed E-state index contributed by atoms with van der Waals surface area (Å²) < 4.78 is 11.4. The summed E-state index contributed by atoms with van der Waals surface area (Å²) in [5, 5.41) is 7.68. The number of nitrogens with zero attached hydrogens (tertiary/aromatic N) is 3. The van der Waals surface area contributed by atoms with Crippen LogP contribution in [0.5, 0.6) is 0 Å². The van der Waals surface area contributed by atoms with Gasteiger partial charge in [-0.1, -0.05) is 17.7 Å². The highest BCUT2D eigenvalue weighted by atomic mass is 35.5. The Bertz CT molecular complexity index is 1030. The van der Waals surface area contributed by atoms with Crippen LogP contribution in [0, 0.1) is 0 Å². The van der Waals surface area contributed by atoms with Gasteiger partial charge in [0.05, 0.1) is 22.9 Å². The van der Waals surface area contributed by atoms with E-state index < -0.39 is 0 Å². The number of hydrogen-bond donors (Lipinski definition) is 3. The van der Waals surface area contributed by atoms with Crippen LogP contribution in [0.3, 0.4) is 0 Å². The Morgan fingerprint density at radius 3 is 2.54 bits per heavy atom. The van der Waals surface area contributed by atoms with Crippen LogP contribution in [-0.4, -0.2) is 77.5 Å². The van der Waals surface area contributed by atoms with Gasteiger partial charge in [0.2, 0.25) is 0 Å². The summed E-state index contributed by atoms with van der Waals surface area (Å²) >= 11 is 6.58. The second kappa shape index (κ2) is 11.8. The van der Waals surface area contributed by atoms with Gasteiger partial charge in [0, 0.05) is 62.2 Å². The molecule has 4 N–H and O–H groups in total. The van der Waals surface area contributed by atoms with Crippen molar-refractivity contribution in [2.75, 3.05) is 43.5 Å². The van der Waals surface area contributed by atoms with E-state index in [2.05, 4.69) is 34.4 Å². The van der Waals surface area contributed by atoms with Crippen molar-refractivity contribution in [2.24, 2.45) is 5.73 Å². The first-order valence-electron chi connectivity index (χ1n) is 13.8. The highest BCUT2D eigenvalue weighted by Gasteiger charge is 2.31. The van der Waals surface area contributed by atoms with Gasteiger partial charge in [-0.2, -0.15) is 0 Å². The van der Waals surface area contributed by atoms with Crippen LogP contribution in [0.15, 0.2) is 30.5 Å². The molecule has 2 aromatic rings. The van der Waals surface area contributed by atoms with Gasteiger partial charge in [0.25, 0.3) is 0 Å². The van der Waals surface area contributed by atoms with Gasteiger partial charge < -0.3 is 25.8 Å². The number of rotatable bonds is 7. The first kappa shape index (κ1) is 26.6. The lowest BCUT2D eigenvalue weighted by molar-refractivity contribution is -0.0842. The van der Waals surface area contributed by atoms with Crippen molar-refractivity contribution in [1.82, 2.24) is 14.9 Å². The summed E-state index contributed by atoms with van der Waals surface area (Å²) in [5.74, 6) is 1.64. The Balaban J connectivity index is 1.19. The zero-order valence-corrected chi connectivity index (χ0v) is 22.8. The fourth-order valence-corrected chi connectivity index (χ4v) is 6.13. The van der Waals surface area contributed by atoms with Crippen molar-refractivity contribution in [3.63, 3.8) is 0 Å². The van der Waals surface area contributed by atoms with Crippen molar-refractivity contribution in [3.8, 4) is 11.3 Å².